The van der Waals surface area contributed by atoms with Gasteiger partial charge in [0.25, 0.3) is 11.8 Å². The lowest BCUT2D eigenvalue weighted by Gasteiger charge is -2.13. The molecule has 22 heavy (non-hydrogen) atoms. The van der Waals surface area contributed by atoms with E-state index in [0.29, 0.717) is 4.88 Å². The van der Waals surface area contributed by atoms with Crippen molar-refractivity contribution in [2.75, 3.05) is 13.1 Å². The molecule has 3 N–H and O–H groups in total. The van der Waals surface area contributed by atoms with Gasteiger partial charge in [0, 0.05) is 4.88 Å². The lowest BCUT2D eigenvalue weighted by molar-refractivity contribution is 0.0119. The van der Waals surface area contributed by atoms with Gasteiger partial charge in [0.15, 0.2) is 0 Å². The number of hydrogen-bond donors (Lipinski definition) is 2. The maximum atomic E-state index is 13.0. The number of aryl methyl sites for hydroxylation is 1. The lowest BCUT2D eigenvalue weighted by Crippen LogP contribution is -2.41. The third-order valence-electron chi connectivity index (χ3n) is 3.05. The summed E-state index contributed by atoms with van der Waals surface area (Å²) < 4.78 is 39.0. The highest BCUT2D eigenvalue weighted by Gasteiger charge is 2.27. The molecule has 0 spiro atoms. The molecule has 1 heterocycles. The van der Waals surface area contributed by atoms with E-state index in [-0.39, 0.29) is 5.82 Å². The van der Waals surface area contributed by atoms with E-state index < -0.39 is 24.9 Å². The van der Waals surface area contributed by atoms with Gasteiger partial charge < -0.3 is 11.1 Å². The summed E-state index contributed by atoms with van der Waals surface area (Å²) in [5.41, 5.74) is 6.52. The molecule has 1 aromatic heterocycles. The number of carbonyl (C=O) groups is 1. The van der Waals surface area contributed by atoms with Crippen molar-refractivity contribution in [3.63, 3.8) is 0 Å². The molecule has 0 saturated carbocycles. The number of halogens is 3. The molecule has 0 fully saturated rings. The Morgan fingerprint density at radius 2 is 1.95 bits per heavy atom. The van der Waals surface area contributed by atoms with Gasteiger partial charge in [-0.15, -0.1) is 11.3 Å². The van der Waals surface area contributed by atoms with Gasteiger partial charge in [-0.05, 0) is 36.2 Å². The van der Waals surface area contributed by atoms with E-state index in [2.05, 4.69) is 5.32 Å². The second-order valence-electron chi connectivity index (χ2n) is 4.87. The highest BCUT2D eigenvalue weighted by atomic mass is 32.1. The first-order valence-electron chi connectivity index (χ1n) is 6.55. The van der Waals surface area contributed by atoms with Crippen molar-refractivity contribution in [2.45, 2.75) is 12.8 Å². The fourth-order valence-corrected chi connectivity index (χ4v) is 2.95. The summed E-state index contributed by atoms with van der Waals surface area (Å²) in [6.07, 6.45) is 0. The van der Waals surface area contributed by atoms with Gasteiger partial charge >= 0.3 is 0 Å². The molecule has 0 aliphatic heterocycles. The van der Waals surface area contributed by atoms with Crippen molar-refractivity contribution < 1.29 is 18.0 Å². The van der Waals surface area contributed by atoms with Crippen molar-refractivity contribution >= 4 is 17.2 Å². The maximum absolute atomic E-state index is 13.0. The fourth-order valence-electron chi connectivity index (χ4n) is 1.85. The zero-order valence-electron chi connectivity index (χ0n) is 11.8. The Morgan fingerprint density at radius 1 is 1.32 bits per heavy atom. The first kappa shape index (κ1) is 16.5. The molecule has 0 saturated heterocycles. The average Bonchev–Trinajstić information content (AvgIpc) is 2.88. The van der Waals surface area contributed by atoms with Crippen LogP contribution in [-0.4, -0.2) is 24.9 Å². The van der Waals surface area contributed by atoms with Gasteiger partial charge in [0.1, 0.15) is 5.82 Å². The number of alkyl halides is 2. The minimum Gasteiger partial charge on any atom is -0.345 e. The van der Waals surface area contributed by atoms with E-state index in [4.69, 9.17) is 5.73 Å². The zero-order chi connectivity index (χ0) is 16.3. The van der Waals surface area contributed by atoms with E-state index >= 15 is 0 Å². The fraction of sp³-hybridized carbons (Fsp3) is 0.267. The van der Waals surface area contributed by atoms with Crippen molar-refractivity contribution in [1.82, 2.24) is 5.32 Å². The van der Waals surface area contributed by atoms with Gasteiger partial charge in [-0.25, -0.2) is 13.2 Å². The number of thiophene rings is 1. The lowest BCUT2D eigenvalue weighted by atomic mass is 10.1. The van der Waals surface area contributed by atoms with Gasteiger partial charge in [0.05, 0.1) is 18.0 Å². The van der Waals surface area contributed by atoms with Gasteiger partial charge in [-0.1, -0.05) is 12.1 Å². The summed E-state index contributed by atoms with van der Waals surface area (Å²) in [5.74, 6) is -4.04. The number of carbonyl (C=O) groups excluding carboxylic acids is 1. The van der Waals surface area contributed by atoms with Crippen molar-refractivity contribution in [3.05, 3.63) is 46.6 Å². The van der Waals surface area contributed by atoms with Crippen molar-refractivity contribution in [1.29, 1.82) is 0 Å². The molecule has 0 bridgehead atoms. The van der Waals surface area contributed by atoms with Crippen LogP contribution in [0.4, 0.5) is 13.2 Å². The molecule has 0 aliphatic rings. The highest BCUT2D eigenvalue weighted by Crippen LogP contribution is 2.32. The van der Waals surface area contributed by atoms with Crippen LogP contribution in [0.5, 0.6) is 0 Å². The Kier molecular flexibility index (Phi) is 4.87. The van der Waals surface area contributed by atoms with E-state index in [1.807, 2.05) is 0 Å². The smallest absolute Gasteiger partial charge is 0.277 e. The summed E-state index contributed by atoms with van der Waals surface area (Å²) in [6, 6.07) is 7.50. The summed E-state index contributed by atoms with van der Waals surface area (Å²) in [4.78, 5) is 13.0. The molecule has 118 valence electrons. The second kappa shape index (κ2) is 6.50. The molecule has 2 aromatic rings. The molecule has 0 radical (unpaired) electrons. The summed E-state index contributed by atoms with van der Waals surface area (Å²) in [5, 5.41) is 2.17. The summed E-state index contributed by atoms with van der Waals surface area (Å²) in [7, 11) is 0. The second-order valence-corrected chi connectivity index (χ2v) is 5.92. The highest BCUT2D eigenvalue weighted by molar-refractivity contribution is 7.17. The quantitative estimate of drug-likeness (QED) is 0.886. The average molecular weight is 328 g/mol. The van der Waals surface area contributed by atoms with E-state index in [1.54, 1.807) is 25.1 Å². The molecule has 3 nitrogen and oxygen atoms in total. The zero-order valence-corrected chi connectivity index (χ0v) is 12.6. The van der Waals surface area contributed by atoms with Gasteiger partial charge in [-0.3, -0.25) is 4.79 Å². The number of hydrogen-bond acceptors (Lipinski definition) is 3. The SMILES string of the molecule is Cc1cc(C(=O)NCC(F)(F)CN)sc1-c1ccc(F)cc1. The van der Waals surface area contributed by atoms with E-state index in [1.165, 1.54) is 23.5 Å². The largest absolute Gasteiger partial charge is 0.345 e. The van der Waals surface area contributed by atoms with E-state index in [0.717, 1.165) is 16.0 Å². The third-order valence-corrected chi connectivity index (χ3v) is 4.34. The molecule has 7 heteroatoms. The monoisotopic (exact) mass is 328 g/mol. The van der Waals surface area contributed by atoms with Crippen LogP contribution >= 0.6 is 11.3 Å². The molecule has 1 amide bonds. The van der Waals surface area contributed by atoms with Crippen LogP contribution < -0.4 is 11.1 Å². The van der Waals surface area contributed by atoms with Crippen LogP contribution in [0.1, 0.15) is 15.2 Å². The summed E-state index contributed by atoms with van der Waals surface area (Å²) >= 11 is 1.17. The minimum atomic E-state index is -3.12. The minimum absolute atomic E-state index is 0.324. The third kappa shape index (κ3) is 3.86. The molecular weight excluding hydrogens is 313 g/mol. The number of nitrogens with two attached hydrogens (primary N) is 1. The van der Waals surface area contributed by atoms with Crippen molar-refractivity contribution in [2.24, 2.45) is 5.73 Å². The van der Waals surface area contributed by atoms with Gasteiger partial charge in [-0.2, -0.15) is 0 Å². The predicted molar refractivity (Wildman–Crippen MR) is 80.8 cm³/mol. The van der Waals surface area contributed by atoms with Crippen LogP contribution in [0.15, 0.2) is 30.3 Å². The number of benzene rings is 1. The number of rotatable bonds is 5. The molecule has 0 atom stereocenters. The number of nitrogens with one attached hydrogen (secondary N) is 1. The van der Waals surface area contributed by atoms with Crippen LogP contribution in [0.3, 0.4) is 0 Å². The van der Waals surface area contributed by atoms with Gasteiger partial charge in [0.2, 0.25) is 0 Å². The van der Waals surface area contributed by atoms with Crippen LogP contribution in [0, 0.1) is 12.7 Å². The van der Waals surface area contributed by atoms with Crippen molar-refractivity contribution in [3.8, 4) is 10.4 Å². The molecule has 0 aliphatic carbocycles. The molecular formula is C15H15F3N2OS. The molecule has 0 unspecified atom stereocenters. The topological polar surface area (TPSA) is 55.1 Å². The molecule has 2 rings (SSSR count). The predicted octanol–water partition coefficient (Wildman–Crippen LogP) is 3.19. The Balaban J connectivity index is 2.15. The number of amides is 1. The van der Waals surface area contributed by atoms with E-state index in [9.17, 15) is 18.0 Å². The van der Waals surface area contributed by atoms with Crippen LogP contribution in [0.25, 0.3) is 10.4 Å². The normalized spacial score (nSPS) is 11.5. The summed E-state index contributed by atoms with van der Waals surface area (Å²) in [6.45, 7) is 0.184. The Hall–Kier alpha value is -1.86. The first-order valence-corrected chi connectivity index (χ1v) is 7.36. The Bertz CT molecular complexity index is 668. The first-order chi connectivity index (χ1) is 10.3. The maximum Gasteiger partial charge on any atom is 0.277 e. The molecule has 1 aromatic carbocycles. The Morgan fingerprint density at radius 3 is 2.55 bits per heavy atom. The van der Waals surface area contributed by atoms with Crippen LogP contribution in [-0.2, 0) is 0 Å². The van der Waals surface area contributed by atoms with Crippen LogP contribution in [0.2, 0.25) is 0 Å². The standard InChI is InChI=1S/C15H15F3N2OS/c1-9-6-12(14(21)20-8-15(17,18)7-19)22-13(9)10-2-4-11(16)5-3-10/h2-6H,7-8,19H2,1H3,(H,20,21). The Labute approximate surface area is 130 Å².